The van der Waals surface area contributed by atoms with Crippen LogP contribution in [0.4, 0.5) is 21.0 Å². The summed E-state index contributed by atoms with van der Waals surface area (Å²) < 4.78 is 13.3. The number of nitro benzene ring substituents is 1. The number of hydrogen-bond donors (Lipinski definition) is 1. The van der Waals surface area contributed by atoms with E-state index in [0.717, 1.165) is 16.3 Å². The lowest BCUT2D eigenvalue weighted by molar-refractivity contribution is -0.384. The minimum atomic E-state index is -0.617. The normalized spacial score (nSPS) is 11.6. The quantitative estimate of drug-likeness (QED) is 0.179. The fraction of sp³-hybridized carbons (Fsp3) is 0.308. The molecular weight excluding hydrogens is 464 g/mol. The molecule has 0 aliphatic heterocycles. The van der Waals surface area contributed by atoms with Crippen LogP contribution in [0.25, 0.3) is 21.8 Å². The van der Waals surface area contributed by atoms with Crippen molar-refractivity contribution in [2.45, 2.75) is 52.7 Å². The van der Waals surface area contributed by atoms with E-state index in [0.29, 0.717) is 11.2 Å². The SMILES string of the molecule is CC(C)(C)OC(=O)n1ccc2ccc(N)cc21.CC(C)(C)OC(=O)n1ccc2ccc([N+](=O)[O-])cc21.[HH]. The monoisotopic (exact) mass is 496 g/mol. The summed E-state index contributed by atoms with van der Waals surface area (Å²) in [5.41, 5.74) is 6.38. The standard InChI is InChI=1S/C13H14N2O4.C13H16N2O2.H2/c1-13(2,3)19-12(16)14-7-6-9-4-5-10(15(17)18)8-11(9)14;1-13(2,3)17-12(16)15-7-6-9-4-5-10(14)8-11(9)15;/h4-8H,1-3H3;4-8H,14H2,1-3H3;1H. The van der Waals surface area contributed by atoms with Crippen molar-refractivity contribution in [2.24, 2.45) is 0 Å². The number of fused-ring (bicyclic) bond motifs is 2. The van der Waals surface area contributed by atoms with Crippen LogP contribution in [0, 0.1) is 10.1 Å². The van der Waals surface area contributed by atoms with Crippen molar-refractivity contribution in [3.8, 4) is 0 Å². The minimum absolute atomic E-state index is 0. The Labute approximate surface area is 209 Å². The first-order chi connectivity index (χ1) is 16.6. The van der Waals surface area contributed by atoms with Gasteiger partial charge < -0.3 is 15.2 Å². The molecule has 4 rings (SSSR count). The average molecular weight is 497 g/mol. The molecule has 2 N–H and O–H groups in total. The Kier molecular flexibility index (Phi) is 7.10. The Morgan fingerprint density at radius 1 is 0.806 bits per heavy atom. The molecule has 0 fully saturated rings. The number of anilines is 1. The second-order valence-electron chi connectivity index (χ2n) is 10.2. The number of nitrogens with zero attached hydrogens (tertiary/aromatic N) is 3. The lowest BCUT2D eigenvalue weighted by Crippen LogP contribution is -2.26. The molecule has 0 radical (unpaired) electrons. The van der Waals surface area contributed by atoms with Crippen LogP contribution >= 0.6 is 0 Å². The highest BCUT2D eigenvalue weighted by molar-refractivity contribution is 5.92. The highest BCUT2D eigenvalue weighted by atomic mass is 16.6. The van der Waals surface area contributed by atoms with Crippen molar-refractivity contribution in [3.63, 3.8) is 0 Å². The molecule has 4 aromatic rings. The second-order valence-corrected chi connectivity index (χ2v) is 10.2. The van der Waals surface area contributed by atoms with Crippen molar-refractivity contribution in [2.75, 3.05) is 5.73 Å². The van der Waals surface area contributed by atoms with Gasteiger partial charge in [-0.1, -0.05) is 6.07 Å². The largest absolute Gasteiger partial charge is 0.443 e. The number of hydrogen-bond acceptors (Lipinski definition) is 7. The highest BCUT2D eigenvalue weighted by Gasteiger charge is 2.20. The number of nitrogen functional groups attached to an aromatic ring is 1. The smallest absolute Gasteiger partial charge is 0.418 e. The molecule has 2 aromatic heterocycles. The molecule has 10 nitrogen and oxygen atoms in total. The number of rotatable bonds is 1. The van der Waals surface area contributed by atoms with Gasteiger partial charge in [-0.3, -0.25) is 19.2 Å². The van der Waals surface area contributed by atoms with Crippen LogP contribution in [0.15, 0.2) is 60.9 Å². The van der Waals surface area contributed by atoms with Crippen molar-refractivity contribution in [1.29, 1.82) is 0 Å². The van der Waals surface area contributed by atoms with Crippen LogP contribution in [0.2, 0.25) is 0 Å². The van der Waals surface area contributed by atoms with Gasteiger partial charge in [-0.25, -0.2) is 9.59 Å². The fourth-order valence-corrected chi connectivity index (χ4v) is 3.32. The average Bonchev–Trinajstić information content (AvgIpc) is 3.35. The number of non-ortho nitro benzene ring substituents is 1. The van der Waals surface area contributed by atoms with Crippen LogP contribution in [0.1, 0.15) is 43.0 Å². The molecule has 2 heterocycles. The van der Waals surface area contributed by atoms with E-state index in [1.807, 2.05) is 39.0 Å². The summed E-state index contributed by atoms with van der Waals surface area (Å²) in [6, 6.07) is 13.4. The summed E-state index contributed by atoms with van der Waals surface area (Å²) in [4.78, 5) is 34.2. The summed E-state index contributed by atoms with van der Waals surface area (Å²) in [6.45, 7) is 10.8. The Morgan fingerprint density at radius 3 is 1.69 bits per heavy atom. The first-order valence-electron chi connectivity index (χ1n) is 11.2. The zero-order chi connectivity index (χ0) is 26.8. The third-order valence-corrected chi connectivity index (χ3v) is 4.79. The van der Waals surface area contributed by atoms with Crippen LogP contribution < -0.4 is 5.73 Å². The molecule has 192 valence electrons. The molecule has 0 aliphatic carbocycles. The van der Waals surface area contributed by atoms with Crippen molar-refractivity contribution < 1.29 is 25.4 Å². The molecule has 0 saturated carbocycles. The van der Waals surface area contributed by atoms with Crippen molar-refractivity contribution >= 4 is 45.4 Å². The van der Waals surface area contributed by atoms with E-state index in [1.54, 1.807) is 51.4 Å². The van der Waals surface area contributed by atoms with Crippen LogP contribution in [-0.4, -0.2) is 37.4 Å². The number of carbonyl (C=O) groups excluding carboxylic acids is 2. The number of benzene rings is 2. The van der Waals surface area contributed by atoms with Gasteiger partial charge in [0, 0.05) is 42.4 Å². The summed E-state index contributed by atoms with van der Waals surface area (Å²) in [5.74, 6) is 0. The van der Waals surface area contributed by atoms with E-state index in [1.165, 1.54) is 21.3 Å². The number of nitro groups is 1. The Hall–Kier alpha value is -4.34. The number of carbonyl (C=O) groups is 2. The Balaban J connectivity index is 0.000000255. The van der Waals surface area contributed by atoms with Gasteiger partial charge in [0.05, 0.1) is 16.0 Å². The number of aromatic nitrogens is 2. The maximum atomic E-state index is 12.0. The summed E-state index contributed by atoms with van der Waals surface area (Å²) >= 11 is 0. The van der Waals surface area contributed by atoms with Gasteiger partial charge in [0.1, 0.15) is 11.2 Å². The van der Waals surface area contributed by atoms with Crippen molar-refractivity contribution in [1.82, 2.24) is 9.13 Å². The van der Waals surface area contributed by atoms with Crippen LogP contribution in [0.3, 0.4) is 0 Å². The zero-order valence-electron chi connectivity index (χ0n) is 21.1. The molecule has 0 unspecified atom stereocenters. The van der Waals surface area contributed by atoms with Gasteiger partial charge in [-0.05, 0) is 71.9 Å². The highest BCUT2D eigenvalue weighted by Crippen LogP contribution is 2.23. The van der Waals surface area contributed by atoms with E-state index in [4.69, 9.17) is 15.2 Å². The maximum Gasteiger partial charge on any atom is 0.418 e. The second kappa shape index (κ2) is 9.73. The first kappa shape index (κ1) is 26.3. The van der Waals surface area contributed by atoms with Gasteiger partial charge in [-0.2, -0.15) is 0 Å². The maximum absolute atomic E-state index is 12.0. The molecule has 10 heteroatoms. The molecule has 0 atom stereocenters. The third-order valence-electron chi connectivity index (χ3n) is 4.79. The lowest BCUT2D eigenvalue weighted by Gasteiger charge is -2.19. The Bertz CT molecular complexity index is 1440. The third kappa shape index (κ3) is 6.41. The number of nitrogens with two attached hydrogens (primary N) is 1. The molecule has 0 saturated heterocycles. The fourth-order valence-electron chi connectivity index (χ4n) is 3.32. The molecule has 0 amide bonds. The van der Waals surface area contributed by atoms with E-state index in [-0.39, 0.29) is 7.11 Å². The summed E-state index contributed by atoms with van der Waals surface area (Å²) in [6.07, 6.45) is 2.29. The molecule has 2 aromatic carbocycles. The molecular formula is C26H32N4O6. The van der Waals surface area contributed by atoms with Crippen molar-refractivity contribution in [3.05, 3.63) is 71.0 Å². The van der Waals surface area contributed by atoms with Crippen LogP contribution in [0.5, 0.6) is 0 Å². The predicted molar refractivity (Wildman–Crippen MR) is 140 cm³/mol. The minimum Gasteiger partial charge on any atom is -0.443 e. The molecule has 0 aliphatic rings. The van der Waals surface area contributed by atoms with Crippen LogP contribution in [-0.2, 0) is 9.47 Å². The first-order valence-corrected chi connectivity index (χ1v) is 11.2. The van der Waals surface area contributed by atoms with E-state index in [9.17, 15) is 19.7 Å². The zero-order valence-corrected chi connectivity index (χ0v) is 21.1. The number of ether oxygens (including phenoxy) is 2. The molecule has 36 heavy (non-hydrogen) atoms. The molecule has 0 spiro atoms. The van der Waals surface area contributed by atoms with Gasteiger partial charge in [0.15, 0.2) is 0 Å². The summed E-state index contributed by atoms with van der Waals surface area (Å²) in [5, 5.41) is 12.5. The van der Waals surface area contributed by atoms with Gasteiger partial charge in [0.25, 0.3) is 5.69 Å². The molecule has 0 bridgehead atoms. The predicted octanol–water partition coefficient (Wildman–Crippen LogP) is 6.59. The van der Waals surface area contributed by atoms with Gasteiger partial charge >= 0.3 is 12.2 Å². The van der Waals surface area contributed by atoms with E-state index >= 15 is 0 Å². The summed E-state index contributed by atoms with van der Waals surface area (Å²) in [7, 11) is 0. The Morgan fingerprint density at radius 2 is 1.25 bits per heavy atom. The van der Waals surface area contributed by atoms with Gasteiger partial charge in [0.2, 0.25) is 0 Å². The van der Waals surface area contributed by atoms with Gasteiger partial charge in [-0.15, -0.1) is 0 Å². The lowest BCUT2D eigenvalue weighted by atomic mass is 10.2. The van der Waals surface area contributed by atoms with E-state index in [2.05, 4.69) is 0 Å². The van der Waals surface area contributed by atoms with E-state index < -0.39 is 28.3 Å². The topological polar surface area (TPSA) is 132 Å².